The number of rotatable bonds is 4. The maximum atomic E-state index is 12.5. The molecule has 3 rings (SSSR count). The van der Waals surface area contributed by atoms with Crippen molar-refractivity contribution in [2.45, 2.75) is 6.92 Å². The van der Waals surface area contributed by atoms with Crippen LogP contribution in [0.15, 0.2) is 52.8 Å². The molecular weight excluding hydrogens is 380 g/mol. The number of furan rings is 1. The van der Waals surface area contributed by atoms with Crippen LogP contribution in [-0.4, -0.2) is 47.8 Å². The Hall–Kier alpha value is -3.24. The van der Waals surface area contributed by atoms with Gasteiger partial charge in [-0.25, -0.2) is 0 Å². The largest absolute Gasteiger partial charge is 0.459 e. The molecule has 7 nitrogen and oxygen atoms in total. The summed E-state index contributed by atoms with van der Waals surface area (Å²) in [5.41, 5.74) is 1.29. The first kappa shape index (κ1) is 19.5. The monoisotopic (exact) mass is 398 g/mol. The molecule has 2 amide bonds. The number of halogens is 1. The van der Waals surface area contributed by atoms with E-state index >= 15 is 0 Å². The Labute approximate surface area is 167 Å². The zero-order valence-corrected chi connectivity index (χ0v) is 16.1. The van der Waals surface area contributed by atoms with E-state index < -0.39 is 5.91 Å². The van der Waals surface area contributed by atoms with Gasteiger partial charge >= 0.3 is 0 Å². The first-order valence-electron chi connectivity index (χ1n) is 8.75. The number of benzene rings is 1. The van der Waals surface area contributed by atoms with Gasteiger partial charge in [0, 0.05) is 43.1 Å². The van der Waals surface area contributed by atoms with Crippen LogP contribution in [0.1, 0.15) is 16.1 Å². The topological polar surface area (TPSA) is 89.6 Å². The standard InChI is InChI=1S/C20H19ClN4O3/c1-14-16(21)4-2-5-17(14)23-19(26)15(12-22)13-24-7-9-25(10-8-24)20(27)18-6-3-11-28-18/h2-6,11,13H,7-10H2,1H3,(H,23,26)/b15-13-. The Balaban J connectivity index is 1.62. The third kappa shape index (κ3) is 4.35. The van der Waals surface area contributed by atoms with Crippen molar-refractivity contribution in [1.82, 2.24) is 9.80 Å². The van der Waals surface area contributed by atoms with Gasteiger partial charge in [0.15, 0.2) is 5.76 Å². The third-order valence-corrected chi connectivity index (χ3v) is 4.94. The highest BCUT2D eigenvalue weighted by molar-refractivity contribution is 6.31. The summed E-state index contributed by atoms with van der Waals surface area (Å²) >= 11 is 6.06. The Morgan fingerprint density at radius 1 is 1.21 bits per heavy atom. The zero-order chi connectivity index (χ0) is 20.1. The quantitative estimate of drug-likeness (QED) is 0.631. The molecule has 2 aromatic rings. The molecule has 0 aliphatic carbocycles. The average molecular weight is 399 g/mol. The molecule has 1 aromatic carbocycles. The molecular formula is C20H19ClN4O3. The smallest absolute Gasteiger partial charge is 0.289 e. The van der Waals surface area contributed by atoms with Gasteiger partial charge in [0.2, 0.25) is 0 Å². The SMILES string of the molecule is Cc1c(Cl)cccc1NC(=O)/C(C#N)=C\N1CCN(C(=O)c2ccco2)CC1. The lowest BCUT2D eigenvalue weighted by Crippen LogP contribution is -2.47. The Morgan fingerprint density at radius 3 is 2.61 bits per heavy atom. The van der Waals surface area contributed by atoms with Crippen molar-refractivity contribution in [3.05, 3.63) is 64.7 Å². The predicted octanol–water partition coefficient (Wildman–Crippen LogP) is 3.05. The van der Waals surface area contributed by atoms with Crippen molar-refractivity contribution in [3.8, 4) is 6.07 Å². The number of hydrogen-bond acceptors (Lipinski definition) is 5. The van der Waals surface area contributed by atoms with Gasteiger partial charge in [0.05, 0.1) is 6.26 Å². The minimum absolute atomic E-state index is 0.00909. The van der Waals surface area contributed by atoms with Gasteiger partial charge < -0.3 is 19.5 Å². The lowest BCUT2D eigenvalue weighted by molar-refractivity contribution is -0.112. The minimum atomic E-state index is -0.498. The number of amides is 2. The summed E-state index contributed by atoms with van der Waals surface area (Å²) in [4.78, 5) is 28.3. The van der Waals surface area contributed by atoms with Crippen molar-refractivity contribution in [2.24, 2.45) is 0 Å². The van der Waals surface area contributed by atoms with E-state index in [0.717, 1.165) is 5.56 Å². The molecule has 1 N–H and O–H groups in total. The van der Waals surface area contributed by atoms with Crippen LogP contribution < -0.4 is 5.32 Å². The van der Waals surface area contributed by atoms with E-state index in [-0.39, 0.29) is 11.5 Å². The van der Waals surface area contributed by atoms with Gasteiger partial charge in [-0.15, -0.1) is 0 Å². The van der Waals surface area contributed by atoms with Gasteiger partial charge in [-0.3, -0.25) is 9.59 Å². The lowest BCUT2D eigenvalue weighted by Gasteiger charge is -2.33. The van der Waals surface area contributed by atoms with Gasteiger partial charge in [0.25, 0.3) is 11.8 Å². The van der Waals surface area contributed by atoms with Gasteiger partial charge in [-0.2, -0.15) is 5.26 Å². The molecule has 1 aromatic heterocycles. The first-order valence-corrected chi connectivity index (χ1v) is 9.12. The van der Waals surface area contributed by atoms with Crippen molar-refractivity contribution < 1.29 is 14.0 Å². The van der Waals surface area contributed by atoms with E-state index in [1.165, 1.54) is 12.5 Å². The van der Waals surface area contributed by atoms with E-state index in [2.05, 4.69) is 5.32 Å². The number of nitrogens with zero attached hydrogens (tertiary/aromatic N) is 3. The third-order valence-electron chi connectivity index (χ3n) is 4.53. The van der Waals surface area contributed by atoms with Gasteiger partial charge in [-0.1, -0.05) is 17.7 Å². The van der Waals surface area contributed by atoms with Crippen LogP contribution in [0.5, 0.6) is 0 Å². The number of nitrogens with one attached hydrogen (secondary N) is 1. The second-order valence-corrected chi connectivity index (χ2v) is 6.73. The van der Waals surface area contributed by atoms with Gasteiger partial charge in [-0.05, 0) is 36.8 Å². The normalized spacial score (nSPS) is 14.5. The van der Waals surface area contributed by atoms with Crippen molar-refractivity contribution in [3.63, 3.8) is 0 Å². The molecule has 0 spiro atoms. The average Bonchev–Trinajstić information content (AvgIpc) is 3.24. The van der Waals surface area contributed by atoms with E-state index in [4.69, 9.17) is 16.0 Å². The molecule has 2 heterocycles. The van der Waals surface area contributed by atoms with Crippen LogP contribution in [0.2, 0.25) is 5.02 Å². The van der Waals surface area contributed by atoms with Crippen LogP contribution in [0.25, 0.3) is 0 Å². The molecule has 0 bridgehead atoms. The molecule has 1 aliphatic heterocycles. The second-order valence-electron chi connectivity index (χ2n) is 6.33. The molecule has 144 valence electrons. The number of carbonyl (C=O) groups excluding carboxylic acids is 2. The minimum Gasteiger partial charge on any atom is -0.459 e. The van der Waals surface area contributed by atoms with E-state index in [1.54, 1.807) is 42.2 Å². The fourth-order valence-corrected chi connectivity index (χ4v) is 3.04. The summed E-state index contributed by atoms with van der Waals surface area (Å²) in [7, 11) is 0. The highest BCUT2D eigenvalue weighted by Gasteiger charge is 2.23. The van der Waals surface area contributed by atoms with Crippen LogP contribution in [0.4, 0.5) is 5.69 Å². The summed E-state index contributed by atoms with van der Waals surface area (Å²) in [6.45, 7) is 3.78. The number of hydrogen-bond donors (Lipinski definition) is 1. The molecule has 0 saturated carbocycles. The number of piperazine rings is 1. The molecule has 1 aliphatic rings. The molecule has 0 radical (unpaired) electrons. The maximum absolute atomic E-state index is 12.5. The van der Waals surface area contributed by atoms with Crippen LogP contribution in [-0.2, 0) is 4.79 Å². The van der Waals surface area contributed by atoms with Crippen molar-refractivity contribution in [2.75, 3.05) is 31.5 Å². The lowest BCUT2D eigenvalue weighted by atomic mass is 10.2. The van der Waals surface area contributed by atoms with Crippen LogP contribution >= 0.6 is 11.6 Å². The Morgan fingerprint density at radius 2 is 1.96 bits per heavy atom. The highest BCUT2D eigenvalue weighted by Crippen LogP contribution is 2.23. The molecule has 28 heavy (non-hydrogen) atoms. The van der Waals surface area contributed by atoms with Crippen LogP contribution in [0, 0.1) is 18.3 Å². The first-order chi connectivity index (χ1) is 13.5. The zero-order valence-electron chi connectivity index (χ0n) is 15.3. The molecule has 0 atom stereocenters. The van der Waals surface area contributed by atoms with E-state index in [0.29, 0.717) is 42.6 Å². The summed E-state index contributed by atoms with van der Waals surface area (Å²) in [5.74, 6) is -0.358. The van der Waals surface area contributed by atoms with Crippen LogP contribution in [0.3, 0.4) is 0 Å². The van der Waals surface area contributed by atoms with E-state index in [1.807, 2.05) is 11.0 Å². The Bertz CT molecular complexity index is 939. The Kier molecular flexibility index (Phi) is 6.02. The van der Waals surface area contributed by atoms with E-state index in [9.17, 15) is 14.9 Å². The van der Waals surface area contributed by atoms with Crippen molar-refractivity contribution in [1.29, 1.82) is 5.26 Å². The summed E-state index contributed by atoms with van der Waals surface area (Å²) in [6.07, 6.45) is 3.00. The van der Waals surface area contributed by atoms with Gasteiger partial charge in [0.1, 0.15) is 11.6 Å². The second kappa shape index (κ2) is 8.63. The molecule has 8 heteroatoms. The summed E-state index contributed by atoms with van der Waals surface area (Å²) < 4.78 is 5.14. The fourth-order valence-electron chi connectivity index (χ4n) is 2.86. The molecule has 1 saturated heterocycles. The predicted molar refractivity (Wildman–Crippen MR) is 105 cm³/mol. The number of nitriles is 1. The fraction of sp³-hybridized carbons (Fsp3) is 0.250. The number of anilines is 1. The molecule has 0 unspecified atom stereocenters. The summed E-state index contributed by atoms with van der Waals surface area (Å²) in [5, 5.41) is 12.6. The summed E-state index contributed by atoms with van der Waals surface area (Å²) in [6, 6.07) is 10.4. The molecule has 1 fully saturated rings. The maximum Gasteiger partial charge on any atom is 0.289 e. The highest BCUT2D eigenvalue weighted by atomic mass is 35.5. The number of carbonyl (C=O) groups is 2. The van der Waals surface area contributed by atoms with Crippen molar-refractivity contribution >= 4 is 29.1 Å².